The number of amides is 1. The molecule has 5 rings (SSSR count). The van der Waals surface area contributed by atoms with Crippen LogP contribution in [0, 0.1) is 23.7 Å². The van der Waals surface area contributed by atoms with Crippen molar-refractivity contribution >= 4 is 23.5 Å². The lowest BCUT2D eigenvalue weighted by molar-refractivity contribution is -0.157. The number of para-hydroxylation sites is 1. The van der Waals surface area contributed by atoms with Gasteiger partial charge in [-0.25, -0.2) is 0 Å². The molecule has 1 saturated heterocycles. The van der Waals surface area contributed by atoms with Crippen molar-refractivity contribution in [2.24, 2.45) is 23.7 Å². The third-order valence-electron chi connectivity index (χ3n) is 6.22. The second-order valence-corrected chi connectivity index (χ2v) is 8.02. The highest BCUT2D eigenvalue weighted by atomic mass is 16.6. The van der Waals surface area contributed by atoms with E-state index in [4.69, 9.17) is 14.2 Å². The van der Waals surface area contributed by atoms with Crippen LogP contribution in [-0.2, 0) is 23.9 Å². The maximum atomic E-state index is 12.5. The molecule has 1 amide bonds. The first kappa shape index (κ1) is 18.7. The summed E-state index contributed by atoms with van der Waals surface area (Å²) in [5.74, 6) is -0.488. The Balaban J connectivity index is 1.12. The molecule has 1 aliphatic heterocycles. The molecule has 2 bridgehead atoms. The minimum absolute atomic E-state index is 0.0336. The molecular weight excluding hydrogens is 386 g/mol. The van der Waals surface area contributed by atoms with Crippen LogP contribution < -0.4 is 10.1 Å². The summed E-state index contributed by atoms with van der Waals surface area (Å²) in [6, 6.07) is 16.3. The Morgan fingerprint density at radius 2 is 1.73 bits per heavy atom. The zero-order valence-electron chi connectivity index (χ0n) is 16.2. The van der Waals surface area contributed by atoms with Crippen molar-refractivity contribution in [2.75, 3.05) is 11.9 Å². The van der Waals surface area contributed by atoms with Gasteiger partial charge < -0.3 is 19.5 Å². The molecular formula is C23H21NO6. The number of hydrogen-bond donors (Lipinski definition) is 1. The molecule has 154 valence electrons. The molecule has 3 fully saturated rings. The number of hydrogen-bond acceptors (Lipinski definition) is 6. The lowest BCUT2D eigenvalue weighted by atomic mass is 9.80. The fourth-order valence-corrected chi connectivity index (χ4v) is 4.99. The molecule has 0 spiro atoms. The van der Waals surface area contributed by atoms with E-state index < -0.39 is 23.7 Å². The fraction of sp³-hybridized carbons (Fsp3) is 0.348. The molecule has 2 aliphatic carbocycles. The summed E-state index contributed by atoms with van der Waals surface area (Å²) in [6.45, 7) is -0.389. The molecule has 7 nitrogen and oxygen atoms in total. The van der Waals surface area contributed by atoms with E-state index in [9.17, 15) is 14.4 Å². The second-order valence-electron chi connectivity index (χ2n) is 8.02. The lowest BCUT2D eigenvalue weighted by Gasteiger charge is -2.22. The average Bonchev–Trinajstić information content (AvgIpc) is 3.37. The molecule has 0 aromatic heterocycles. The van der Waals surface area contributed by atoms with E-state index in [-0.39, 0.29) is 30.5 Å². The maximum absolute atomic E-state index is 12.5. The smallest absolute Gasteiger partial charge is 0.310 e. The van der Waals surface area contributed by atoms with Gasteiger partial charge in [-0.05, 0) is 55.2 Å². The van der Waals surface area contributed by atoms with Crippen molar-refractivity contribution < 1.29 is 28.6 Å². The van der Waals surface area contributed by atoms with Crippen molar-refractivity contribution in [3.05, 3.63) is 54.6 Å². The number of nitrogens with one attached hydrogen (secondary N) is 1. The summed E-state index contributed by atoms with van der Waals surface area (Å²) in [4.78, 5) is 36.7. The monoisotopic (exact) mass is 407 g/mol. The van der Waals surface area contributed by atoms with Gasteiger partial charge >= 0.3 is 11.9 Å². The molecule has 2 saturated carbocycles. The van der Waals surface area contributed by atoms with Gasteiger partial charge in [0, 0.05) is 11.6 Å². The van der Waals surface area contributed by atoms with Crippen LogP contribution in [0.5, 0.6) is 11.5 Å². The topological polar surface area (TPSA) is 90.9 Å². The Morgan fingerprint density at radius 1 is 1.00 bits per heavy atom. The lowest BCUT2D eigenvalue weighted by Crippen LogP contribution is -2.34. The molecule has 5 atom stereocenters. The van der Waals surface area contributed by atoms with Gasteiger partial charge in [0.15, 0.2) is 6.61 Å². The summed E-state index contributed by atoms with van der Waals surface area (Å²) >= 11 is 0. The van der Waals surface area contributed by atoms with Gasteiger partial charge in [0.05, 0.1) is 11.8 Å². The maximum Gasteiger partial charge on any atom is 0.310 e. The van der Waals surface area contributed by atoms with Gasteiger partial charge in [0.25, 0.3) is 5.91 Å². The van der Waals surface area contributed by atoms with E-state index in [1.54, 1.807) is 24.3 Å². The van der Waals surface area contributed by atoms with Crippen LogP contribution in [0.15, 0.2) is 54.6 Å². The largest absolute Gasteiger partial charge is 0.462 e. The molecule has 1 heterocycles. The minimum Gasteiger partial charge on any atom is -0.462 e. The van der Waals surface area contributed by atoms with Crippen LogP contribution >= 0.6 is 0 Å². The van der Waals surface area contributed by atoms with Gasteiger partial charge in [-0.15, -0.1) is 0 Å². The fourth-order valence-electron chi connectivity index (χ4n) is 4.99. The average molecular weight is 407 g/mol. The van der Waals surface area contributed by atoms with E-state index >= 15 is 0 Å². The van der Waals surface area contributed by atoms with E-state index in [0.29, 0.717) is 11.4 Å². The van der Waals surface area contributed by atoms with E-state index in [1.807, 2.05) is 30.3 Å². The Bertz CT molecular complexity index is 971. The third kappa shape index (κ3) is 3.40. The number of anilines is 1. The summed E-state index contributed by atoms with van der Waals surface area (Å²) in [5.41, 5.74) is 0.568. The third-order valence-corrected chi connectivity index (χ3v) is 6.22. The first-order valence-electron chi connectivity index (χ1n) is 10.1. The molecule has 30 heavy (non-hydrogen) atoms. The Morgan fingerprint density at radius 3 is 2.50 bits per heavy atom. The quantitative estimate of drug-likeness (QED) is 0.740. The van der Waals surface area contributed by atoms with Crippen molar-refractivity contribution in [3.8, 4) is 11.5 Å². The Labute approximate surface area is 173 Å². The summed E-state index contributed by atoms with van der Waals surface area (Å²) in [7, 11) is 0. The van der Waals surface area contributed by atoms with Crippen LogP contribution in [0.25, 0.3) is 0 Å². The van der Waals surface area contributed by atoms with Crippen molar-refractivity contribution in [3.63, 3.8) is 0 Å². The summed E-state index contributed by atoms with van der Waals surface area (Å²) < 4.78 is 16.3. The number of carbonyl (C=O) groups is 3. The van der Waals surface area contributed by atoms with E-state index in [2.05, 4.69) is 5.32 Å². The van der Waals surface area contributed by atoms with Gasteiger partial charge in [-0.1, -0.05) is 18.2 Å². The highest BCUT2D eigenvalue weighted by molar-refractivity contribution is 5.93. The first-order valence-corrected chi connectivity index (χ1v) is 10.1. The van der Waals surface area contributed by atoms with Crippen LogP contribution in [-0.4, -0.2) is 30.6 Å². The number of benzene rings is 2. The number of rotatable bonds is 6. The molecule has 7 heteroatoms. The summed E-state index contributed by atoms with van der Waals surface area (Å²) in [6.07, 6.45) is 1.51. The van der Waals surface area contributed by atoms with Gasteiger partial charge in [-0.2, -0.15) is 0 Å². The van der Waals surface area contributed by atoms with Gasteiger partial charge in [-0.3, -0.25) is 14.4 Å². The van der Waals surface area contributed by atoms with Crippen LogP contribution in [0.2, 0.25) is 0 Å². The van der Waals surface area contributed by atoms with Crippen LogP contribution in [0.4, 0.5) is 5.69 Å². The summed E-state index contributed by atoms with van der Waals surface area (Å²) in [5, 5.41) is 2.69. The van der Waals surface area contributed by atoms with Gasteiger partial charge in [0.2, 0.25) is 0 Å². The number of fused-ring (bicyclic) bond motifs is 1. The standard InChI is InChI=1S/C23H21NO6/c25-19(24-14-6-8-16(9-7-14)29-15-4-2-1-3-5-15)12-28-22(26)20-13-10-17-18(11-13)30-23(27)21(17)20/h1-9,13,17-18,20-21H,10-12H2,(H,24,25)/t13-,17+,18+,20-,21+/m1/s1. The molecule has 1 N–H and O–H groups in total. The van der Waals surface area contributed by atoms with E-state index in [0.717, 1.165) is 18.6 Å². The van der Waals surface area contributed by atoms with Gasteiger partial charge in [0.1, 0.15) is 17.6 Å². The predicted molar refractivity (Wildman–Crippen MR) is 106 cm³/mol. The molecule has 2 aromatic rings. The number of carbonyl (C=O) groups excluding carboxylic acids is 3. The highest BCUT2D eigenvalue weighted by Crippen LogP contribution is 2.57. The molecule has 0 radical (unpaired) electrons. The zero-order valence-corrected chi connectivity index (χ0v) is 16.2. The van der Waals surface area contributed by atoms with Crippen molar-refractivity contribution in [1.82, 2.24) is 0 Å². The van der Waals surface area contributed by atoms with Crippen LogP contribution in [0.1, 0.15) is 12.8 Å². The highest BCUT2D eigenvalue weighted by Gasteiger charge is 2.64. The normalized spacial score (nSPS) is 28.1. The number of esters is 2. The predicted octanol–water partition coefficient (Wildman–Crippen LogP) is 3.16. The Kier molecular flexibility index (Phi) is 4.65. The number of ether oxygens (including phenoxy) is 3. The first-order chi connectivity index (χ1) is 14.6. The van der Waals surface area contributed by atoms with E-state index in [1.165, 1.54) is 0 Å². The Hall–Kier alpha value is -3.35. The zero-order chi connectivity index (χ0) is 20.7. The SMILES string of the molecule is O=C(COC(=O)[C@@H]1[C@@H]2C[C@@H]3[C@@H]1C(=O)O[C@H]3C2)Nc1ccc(Oc2ccccc2)cc1. The molecule has 3 aliphatic rings. The van der Waals surface area contributed by atoms with Crippen molar-refractivity contribution in [1.29, 1.82) is 0 Å². The molecule has 0 unspecified atom stereocenters. The van der Waals surface area contributed by atoms with Crippen molar-refractivity contribution in [2.45, 2.75) is 18.9 Å². The molecule has 2 aromatic carbocycles. The van der Waals surface area contributed by atoms with Crippen LogP contribution in [0.3, 0.4) is 0 Å². The minimum atomic E-state index is -0.483. The second kappa shape index (κ2) is 7.48.